The van der Waals surface area contributed by atoms with E-state index >= 15 is 0 Å². The Morgan fingerprint density at radius 2 is 1.61 bits per heavy atom. The van der Waals surface area contributed by atoms with Gasteiger partial charge < -0.3 is 24.8 Å². The first-order valence-electron chi connectivity index (χ1n) is 15.3. The van der Waals surface area contributed by atoms with Gasteiger partial charge in [-0.2, -0.15) is 0 Å². The van der Waals surface area contributed by atoms with Gasteiger partial charge >= 0.3 is 11.9 Å². The molecule has 0 aromatic heterocycles. The third-order valence-electron chi connectivity index (χ3n) is 8.09. The first-order valence-corrected chi connectivity index (χ1v) is 15.3. The number of nitrogens with zero attached hydrogens (tertiary/aromatic N) is 1. The summed E-state index contributed by atoms with van der Waals surface area (Å²) in [6.45, 7) is 4.81. The van der Waals surface area contributed by atoms with Crippen molar-refractivity contribution in [3.05, 3.63) is 120 Å². The van der Waals surface area contributed by atoms with E-state index in [9.17, 15) is 14.7 Å². The molecule has 1 atom stereocenters. The zero-order valence-electron chi connectivity index (χ0n) is 25.2. The highest BCUT2D eigenvalue weighted by Crippen LogP contribution is 2.30. The van der Waals surface area contributed by atoms with Crippen molar-refractivity contribution in [3.63, 3.8) is 0 Å². The van der Waals surface area contributed by atoms with E-state index in [0.717, 1.165) is 36.7 Å². The number of aryl methyl sites for hydroxylation is 1. The van der Waals surface area contributed by atoms with E-state index in [0.29, 0.717) is 17.9 Å². The molecule has 0 aliphatic heterocycles. The standard InChI is InChI=1S/C37H40N2O5/c1-27-11-5-7-17-34(27)39(26-29-12-9-13-29)23-10-24-43-31-21-19-28(20-22-31)25-33(36(40)41)38-32-16-6-8-18-35(32)44-37(42)30-14-3-2-4-15-30/h2-8,11,14-22,29,33,38H,9-10,12-13,23-26H2,1H3,(H,40,41). The summed E-state index contributed by atoms with van der Waals surface area (Å²) >= 11 is 0. The number of esters is 1. The van der Waals surface area contributed by atoms with Crippen molar-refractivity contribution in [2.45, 2.75) is 45.1 Å². The molecule has 0 bridgehead atoms. The number of nitrogens with one attached hydrogen (secondary N) is 1. The number of carboxylic acids is 1. The van der Waals surface area contributed by atoms with Gasteiger partial charge in [0.05, 0.1) is 17.9 Å². The van der Waals surface area contributed by atoms with Crippen LogP contribution in [0, 0.1) is 12.8 Å². The number of hydrogen-bond acceptors (Lipinski definition) is 6. The maximum Gasteiger partial charge on any atom is 0.343 e. The summed E-state index contributed by atoms with van der Waals surface area (Å²) in [6.07, 6.45) is 5.12. The van der Waals surface area contributed by atoms with Gasteiger partial charge in [0.25, 0.3) is 0 Å². The van der Waals surface area contributed by atoms with Crippen LogP contribution in [0.15, 0.2) is 103 Å². The normalized spacial score (nSPS) is 13.4. The summed E-state index contributed by atoms with van der Waals surface area (Å²) in [5, 5.41) is 13.0. The Morgan fingerprint density at radius 3 is 2.32 bits per heavy atom. The van der Waals surface area contributed by atoms with Crippen LogP contribution in [0.3, 0.4) is 0 Å². The van der Waals surface area contributed by atoms with Gasteiger partial charge in [0.2, 0.25) is 0 Å². The molecule has 0 spiro atoms. The van der Waals surface area contributed by atoms with E-state index in [2.05, 4.69) is 41.4 Å². The van der Waals surface area contributed by atoms with E-state index in [-0.39, 0.29) is 12.2 Å². The van der Waals surface area contributed by atoms with Gasteiger partial charge in [-0.3, -0.25) is 0 Å². The molecule has 7 heteroatoms. The minimum atomic E-state index is -1.00. The Morgan fingerprint density at radius 1 is 0.909 bits per heavy atom. The van der Waals surface area contributed by atoms with E-state index in [1.54, 1.807) is 48.5 Å². The molecule has 7 nitrogen and oxygen atoms in total. The van der Waals surface area contributed by atoms with Crippen LogP contribution in [0.5, 0.6) is 11.5 Å². The van der Waals surface area contributed by atoms with Crippen molar-refractivity contribution < 1.29 is 24.2 Å². The Kier molecular flexibility index (Phi) is 10.5. The van der Waals surface area contributed by atoms with Gasteiger partial charge in [0.15, 0.2) is 5.75 Å². The van der Waals surface area contributed by atoms with Crippen molar-refractivity contribution in [2.75, 3.05) is 29.9 Å². The third-order valence-corrected chi connectivity index (χ3v) is 8.09. The lowest BCUT2D eigenvalue weighted by Gasteiger charge is -2.34. The number of benzene rings is 4. The Hall–Kier alpha value is -4.78. The molecule has 2 N–H and O–H groups in total. The van der Waals surface area contributed by atoms with Crippen molar-refractivity contribution in [1.29, 1.82) is 0 Å². The molecule has 1 saturated carbocycles. The average molecular weight is 593 g/mol. The number of para-hydroxylation sites is 3. The minimum absolute atomic E-state index is 0.239. The fraction of sp³-hybridized carbons (Fsp3) is 0.297. The summed E-state index contributed by atoms with van der Waals surface area (Å²) in [4.78, 5) is 27.3. The second-order valence-corrected chi connectivity index (χ2v) is 11.4. The Labute approximate surface area is 259 Å². The van der Waals surface area contributed by atoms with Crippen LogP contribution < -0.4 is 19.7 Å². The lowest BCUT2D eigenvalue weighted by molar-refractivity contribution is -0.137. The largest absolute Gasteiger partial charge is 0.494 e. The number of ether oxygens (including phenoxy) is 2. The summed E-state index contributed by atoms with van der Waals surface area (Å²) in [6, 6.07) is 30.7. The highest BCUT2D eigenvalue weighted by atomic mass is 16.5. The molecule has 1 fully saturated rings. The SMILES string of the molecule is Cc1ccccc1N(CCCOc1ccc(CC(Nc2ccccc2OC(=O)c2ccccc2)C(=O)O)cc1)CC1CCC1. The lowest BCUT2D eigenvalue weighted by atomic mass is 9.85. The predicted molar refractivity (Wildman–Crippen MR) is 174 cm³/mol. The average Bonchev–Trinajstić information content (AvgIpc) is 3.02. The van der Waals surface area contributed by atoms with E-state index in [1.807, 2.05) is 30.3 Å². The highest BCUT2D eigenvalue weighted by molar-refractivity contribution is 5.92. The highest BCUT2D eigenvalue weighted by Gasteiger charge is 2.22. The van der Waals surface area contributed by atoms with Gasteiger partial charge in [-0.15, -0.1) is 0 Å². The topological polar surface area (TPSA) is 88.1 Å². The summed E-state index contributed by atoms with van der Waals surface area (Å²) in [5.74, 6) is 0.293. The molecular weight excluding hydrogens is 552 g/mol. The van der Waals surface area contributed by atoms with Crippen LogP contribution in [0.2, 0.25) is 0 Å². The lowest BCUT2D eigenvalue weighted by Crippen LogP contribution is -2.34. The molecule has 0 saturated heterocycles. The van der Waals surface area contributed by atoms with Gasteiger partial charge in [-0.25, -0.2) is 9.59 Å². The van der Waals surface area contributed by atoms with Gasteiger partial charge in [0, 0.05) is 25.2 Å². The number of hydrogen-bond donors (Lipinski definition) is 2. The summed E-state index contributed by atoms with van der Waals surface area (Å²) in [7, 11) is 0. The first-order chi connectivity index (χ1) is 21.5. The van der Waals surface area contributed by atoms with Crippen LogP contribution in [0.4, 0.5) is 11.4 Å². The molecule has 5 rings (SSSR count). The molecule has 0 radical (unpaired) electrons. The van der Waals surface area contributed by atoms with Crippen molar-refractivity contribution >= 4 is 23.3 Å². The van der Waals surface area contributed by atoms with Crippen molar-refractivity contribution in [1.82, 2.24) is 0 Å². The third kappa shape index (κ3) is 8.40. The van der Waals surface area contributed by atoms with Crippen LogP contribution in [0.25, 0.3) is 0 Å². The maximum absolute atomic E-state index is 12.6. The molecule has 1 aliphatic carbocycles. The maximum atomic E-state index is 12.6. The molecule has 1 aliphatic rings. The number of rotatable bonds is 15. The smallest absolute Gasteiger partial charge is 0.343 e. The van der Waals surface area contributed by atoms with Gasteiger partial charge in [-0.05, 0) is 85.7 Å². The van der Waals surface area contributed by atoms with E-state index < -0.39 is 18.0 Å². The molecule has 228 valence electrons. The van der Waals surface area contributed by atoms with Gasteiger partial charge in [-0.1, -0.05) is 67.1 Å². The van der Waals surface area contributed by atoms with E-state index in [4.69, 9.17) is 9.47 Å². The minimum Gasteiger partial charge on any atom is -0.494 e. The zero-order chi connectivity index (χ0) is 30.7. The van der Waals surface area contributed by atoms with Crippen LogP contribution in [-0.4, -0.2) is 42.8 Å². The molecule has 4 aromatic carbocycles. The Balaban J connectivity index is 1.14. The fourth-order valence-electron chi connectivity index (χ4n) is 5.41. The second kappa shape index (κ2) is 15.1. The van der Waals surface area contributed by atoms with Crippen molar-refractivity contribution in [3.8, 4) is 11.5 Å². The quantitative estimate of drug-likeness (QED) is 0.0845. The monoisotopic (exact) mass is 592 g/mol. The van der Waals surface area contributed by atoms with E-state index in [1.165, 1.54) is 30.5 Å². The number of carboxylic acid groups (broad SMARTS) is 1. The predicted octanol–water partition coefficient (Wildman–Crippen LogP) is 7.40. The molecular formula is C37H40N2O5. The van der Waals surface area contributed by atoms with Crippen LogP contribution in [-0.2, 0) is 11.2 Å². The fourth-order valence-corrected chi connectivity index (χ4v) is 5.41. The number of aliphatic carboxylic acids is 1. The molecule has 0 heterocycles. The van der Waals surface area contributed by atoms with Gasteiger partial charge in [0.1, 0.15) is 11.8 Å². The summed E-state index contributed by atoms with van der Waals surface area (Å²) < 4.78 is 11.6. The molecule has 4 aromatic rings. The second-order valence-electron chi connectivity index (χ2n) is 11.4. The molecule has 44 heavy (non-hydrogen) atoms. The zero-order valence-corrected chi connectivity index (χ0v) is 25.2. The molecule has 1 unspecified atom stereocenters. The summed E-state index contributed by atoms with van der Waals surface area (Å²) in [5.41, 5.74) is 4.30. The Bertz CT molecular complexity index is 1520. The first kappa shape index (κ1) is 30.7. The van der Waals surface area contributed by atoms with Crippen LogP contribution >= 0.6 is 0 Å². The van der Waals surface area contributed by atoms with Crippen molar-refractivity contribution in [2.24, 2.45) is 5.92 Å². The van der Waals surface area contributed by atoms with Crippen LogP contribution in [0.1, 0.15) is 47.2 Å². The number of carbonyl (C=O) groups excluding carboxylic acids is 1. The molecule has 0 amide bonds. The number of anilines is 2. The number of carbonyl (C=O) groups is 2.